The minimum absolute atomic E-state index is 0.0374. The van der Waals surface area contributed by atoms with Crippen molar-refractivity contribution in [2.75, 3.05) is 19.5 Å². The molecule has 0 radical (unpaired) electrons. The Morgan fingerprint density at radius 1 is 1.11 bits per heavy atom. The highest BCUT2D eigenvalue weighted by molar-refractivity contribution is 5.99. The highest BCUT2D eigenvalue weighted by Gasteiger charge is 2.11. The van der Waals surface area contributed by atoms with Crippen LogP contribution in [0.25, 0.3) is 0 Å². The predicted molar refractivity (Wildman–Crippen MR) is 73.7 cm³/mol. The van der Waals surface area contributed by atoms with Crippen molar-refractivity contribution in [1.82, 2.24) is 0 Å². The summed E-state index contributed by atoms with van der Waals surface area (Å²) in [6.07, 6.45) is 0. The minimum Gasteiger partial charge on any atom is -0.496 e. The Morgan fingerprint density at radius 3 is 2.47 bits per heavy atom. The fraction of sp³-hybridized carbons (Fsp3) is 0.133. The molecule has 2 aromatic carbocycles. The van der Waals surface area contributed by atoms with Crippen LogP contribution in [-0.2, 0) is 0 Å². The summed E-state index contributed by atoms with van der Waals surface area (Å²) in [6.45, 7) is -0.0374. The monoisotopic (exact) mass is 257 g/mol. The molecule has 0 fully saturated rings. The summed E-state index contributed by atoms with van der Waals surface area (Å²) in [6, 6.07) is 14.0. The number of rotatable bonds is 5. The molecule has 4 heteroatoms. The van der Waals surface area contributed by atoms with E-state index in [4.69, 9.17) is 15.2 Å². The van der Waals surface area contributed by atoms with Crippen LogP contribution in [0.2, 0.25) is 0 Å². The van der Waals surface area contributed by atoms with Gasteiger partial charge in [-0.1, -0.05) is 12.1 Å². The summed E-state index contributed by atoms with van der Waals surface area (Å²) in [5.41, 5.74) is 6.74. The Morgan fingerprint density at radius 2 is 1.79 bits per heavy atom. The van der Waals surface area contributed by atoms with Crippen molar-refractivity contribution < 1.29 is 14.3 Å². The van der Waals surface area contributed by atoms with Gasteiger partial charge in [0.1, 0.15) is 11.5 Å². The van der Waals surface area contributed by atoms with E-state index >= 15 is 0 Å². The largest absolute Gasteiger partial charge is 0.496 e. The molecule has 19 heavy (non-hydrogen) atoms. The first-order chi connectivity index (χ1) is 9.20. The molecule has 0 amide bonds. The van der Waals surface area contributed by atoms with E-state index in [9.17, 15) is 4.79 Å². The number of ketones is 1. The van der Waals surface area contributed by atoms with E-state index < -0.39 is 0 Å². The third-order valence-corrected chi connectivity index (χ3v) is 2.66. The van der Waals surface area contributed by atoms with E-state index in [0.29, 0.717) is 22.7 Å². The summed E-state index contributed by atoms with van der Waals surface area (Å²) < 4.78 is 10.6. The standard InChI is InChI=1S/C15H15NO3/c1-18-15-5-3-2-4-13(15)14(17)10-19-12-8-6-11(16)7-9-12/h2-9H,10,16H2,1H3. The number of methoxy groups -OCH3 is 1. The molecule has 0 spiro atoms. The summed E-state index contributed by atoms with van der Waals surface area (Å²) in [5.74, 6) is 1.03. The first-order valence-corrected chi connectivity index (χ1v) is 5.85. The molecule has 0 aliphatic rings. The fourth-order valence-electron chi connectivity index (χ4n) is 1.67. The lowest BCUT2D eigenvalue weighted by Gasteiger charge is -2.08. The number of ether oxygens (including phenoxy) is 2. The van der Waals surface area contributed by atoms with Gasteiger partial charge in [-0.05, 0) is 36.4 Å². The zero-order valence-electron chi connectivity index (χ0n) is 10.6. The zero-order chi connectivity index (χ0) is 13.7. The van der Waals surface area contributed by atoms with Crippen LogP contribution in [0.4, 0.5) is 5.69 Å². The third-order valence-electron chi connectivity index (χ3n) is 2.66. The smallest absolute Gasteiger partial charge is 0.203 e. The number of Topliss-reactive ketones (excluding diaryl/α,β-unsaturated/α-hetero) is 1. The predicted octanol–water partition coefficient (Wildman–Crippen LogP) is 2.54. The average molecular weight is 257 g/mol. The number of hydrogen-bond donors (Lipinski definition) is 1. The van der Waals surface area contributed by atoms with Crippen molar-refractivity contribution in [3.63, 3.8) is 0 Å². The van der Waals surface area contributed by atoms with E-state index in [1.54, 1.807) is 42.5 Å². The molecule has 0 heterocycles. The van der Waals surface area contributed by atoms with Gasteiger partial charge < -0.3 is 15.2 Å². The van der Waals surface area contributed by atoms with E-state index in [1.165, 1.54) is 7.11 Å². The second kappa shape index (κ2) is 5.91. The maximum atomic E-state index is 12.0. The van der Waals surface area contributed by atoms with E-state index in [1.807, 2.05) is 6.07 Å². The quantitative estimate of drug-likeness (QED) is 0.660. The molecule has 0 aliphatic heterocycles. The van der Waals surface area contributed by atoms with E-state index in [0.717, 1.165) is 0 Å². The Kier molecular flexibility index (Phi) is 4.03. The molecule has 0 saturated carbocycles. The maximum absolute atomic E-state index is 12.0. The summed E-state index contributed by atoms with van der Waals surface area (Å²) in [7, 11) is 1.53. The van der Waals surface area contributed by atoms with Gasteiger partial charge in [0.15, 0.2) is 6.61 Å². The van der Waals surface area contributed by atoms with Crippen molar-refractivity contribution in [3.05, 3.63) is 54.1 Å². The molecule has 0 bridgehead atoms. The van der Waals surface area contributed by atoms with Gasteiger partial charge in [-0.3, -0.25) is 4.79 Å². The molecular formula is C15H15NO3. The van der Waals surface area contributed by atoms with Crippen molar-refractivity contribution in [2.45, 2.75) is 0 Å². The Labute approximate surface area is 111 Å². The number of nitrogens with two attached hydrogens (primary N) is 1. The van der Waals surface area contributed by atoms with Crippen LogP contribution in [0.15, 0.2) is 48.5 Å². The van der Waals surface area contributed by atoms with Crippen LogP contribution in [-0.4, -0.2) is 19.5 Å². The summed E-state index contributed by atoms with van der Waals surface area (Å²) in [4.78, 5) is 12.0. The van der Waals surface area contributed by atoms with Crippen molar-refractivity contribution >= 4 is 11.5 Å². The van der Waals surface area contributed by atoms with Gasteiger partial charge in [-0.15, -0.1) is 0 Å². The molecule has 0 aliphatic carbocycles. The van der Waals surface area contributed by atoms with E-state index in [2.05, 4.69) is 0 Å². The van der Waals surface area contributed by atoms with Crippen LogP contribution >= 0.6 is 0 Å². The molecule has 2 aromatic rings. The number of carbonyl (C=O) groups is 1. The lowest BCUT2D eigenvalue weighted by atomic mass is 10.1. The first kappa shape index (κ1) is 13.0. The van der Waals surface area contributed by atoms with Gasteiger partial charge in [-0.25, -0.2) is 0 Å². The van der Waals surface area contributed by atoms with E-state index in [-0.39, 0.29) is 12.4 Å². The van der Waals surface area contributed by atoms with Gasteiger partial charge in [0.25, 0.3) is 0 Å². The van der Waals surface area contributed by atoms with Crippen LogP contribution in [0.5, 0.6) is 11.5 Å². The van der Waals surface area contributed by atoms with Gasteiger partial charge in [-0.2, -0.15) is 0 Å². The van der Waals surface area contributed by atoms with Gasteiger partial charge >= 0.3 is 0 Å². The third kappa shape index (κ3) is 3.25. The van der Waals surface area contributed by atoms with Gasteiger partial charge in [0.05, 0.1) is 12.7 Å². The average Bonchev–Trinajstić information content (AvgIpc) is 2.46. The molecular weight excluding hydrogens is 242 g/mol. The van der Waals surface area contributed by atoms with Crippen LogP contribution in [0.1, 0.15) is 10.4 Å². The topological polar surface area (TPSA) is 61.5 Å². The zero-order valence-corrected chi connectivity index (χ0v) is 10.6. The molecule has 98 valence electrons. The summed E-state index contributed by atoms with van der Waals surface area (Å²) in [5, 5.41) is 0. The highest BCUT2D eigenvalue weighted by Crippen LogP contribution is 2.19. The normalized spacial score (nSPS) is 9.95. The molecule has 0 aromatic heterocycles. The number of hydrogen-bond acceptors (Lipinski definition) is 4. The maximum Gasteiger partial charge on any atom is 0.203 e. The highest BCUT2D eigenvalue weighted by atomic mass is 16.5. The number of nitrogen functional groups attached to an aromatic ring is 1. The van der Waals surface area contributed by atoms with Crippen LogP contribution in [0.3, 0.4) is 0 Å². The number of para-hydroxylation sites is 1. The number of anilines is 1. The van der Waals surface area contributed by atoms with Crippen LogP contribution < -0.4 is 15.2 Å². The number of carbonyl (C=O) groups excluding carboxylic acids is 1. The first-order valence-electron chi connectivity index (χ1n) is 5.85. The molecule has 0 atom stereocenters. The molecule has 4 nitrogen and oxygen atoms in total. The lowest BCUT2D eigenvalue weighted by Crippen LogP contribution is -2.12. The van der Waals surface area contributed by atoms with Crippen molar-refractivity contribution in [1.29, 1.82) is 0 Å². The lowest BCUT2D eigenvalue weighted by molar-refractivity contribution is 0.0918. The Bertz CT molecular complexity index is 564. The molecule has 2 N–H and O–H groups in total. The molecule has 0 unspecified atom stereocenters. The fourth-order valence-corrected chi connectivity index (χ4v) is 1.67. The van der Waals surface area contributed by atoms with Gasteiger partial charge in [0.2, 0.25) is 5.78 Å². The SMILES string of the molecule is COc1ccccc1C(=O)COc1ccc(N)cc1. The summed E-state index contributed by atoms with van der Waals surface area (Å²) >= 11 is 0. The molecule has 2 rings (SSSR count). The van der Waals surface area contributed by atoms with Crippen molar-refractivity contribution in [2.24, 2.45) is 0 Å². The number of benzene rings is 2. The molecule has 0 saturated heterocycles. The second-order valence-electron chi connectivity index (χ2n) is 3.98. The van der Waals surface area contributed by atoms with Crippen molar-refractivity contribution in [3.8, 4) is 11.5 Å². The minimum atomic E-state index is -0.130. The Balaban J connectivity index is 2.03. The second-order valence-corrected chi connectivity index (χ2v) is 3.98. The van der Waals surface area contributed by atoms with Gasteiger partial charge in [0, 0.05) is 5.69 Å². The van der Waals surface area contributed by atoms with Crippen LogP contribution in [0, 0.1) is 0 Å². The Hall–Kier alpha value is -2.49.